The van der Waals surface area contributed by atoms with Crippen molar-refractivity contribution in [3.63, 3.8) is 0 Å². The van der Waals surface area contributed by atoms with Crippen LogP contribution < -0.4 is 25.4 Å². The van der Waals surface area contributed by atoms with Crippen molar-refractivity contribution in [1.82, 2.24) is 0 Å². The lowest BCUT2D eigenvalue weighted by Gasteiger charge is -2.31. The van der Waals surface area contributed by atoms with Crippen LogP contribution in [-0.2, 0) is 20.3 Å². The zero-order valence-electron chi connectivity index (χ0n) is 22.3. The molecule has 0 aliphatic heterocycles. The molecule has 3 rings (SSSR count). The highest BCUT2D eigenvalue weighted by Crippen LogP contribution is 2.44. The molecule has 0 saturated carbocycles. The standard InChI is InChI=1S/C30H39O4P/c1-29(2,3)23-16-12-18-25(27(23)33-20-31-7)35(22-14-10-9-11-15-22)26-19-13-17-24(30(4,5)6)28(26)34-21-32-8/h9-19H,20-21H2,1-8H3. The topological polar surface area (TPSA) is 36.9 Å². The van der Waals surface area contributed by atoms with Crippen LogP contribution in [0.15, 0.2) is 66.7 Å². The summed E-state index contributed by atoms with van der Waals surface area (Å²) in [4.78, 5) is 0. The van der Waals surface area contributed by atoms with Crippen LogP contribution in [0.25, 0.3) is 0 Å². The highest BCUT2D eigenvalue weighted by molar-refractivity contribution is 7.80. The van der Waals surface area contributed by atoms with E-state index in [9.17, 15) is 0 Å². The van der Waals surface area contributed by atoms with E-state index in [1.54, 1.807) is 14.2 Å². The molecule has 3 aromatic rings. The van der Waals surface area contributed by atoms with Crippen molar-refractivity contribution in [1.29, 1.82) is 0 Å². The molecule has 0 saturated heterocycles. The van der Waals surface area contributed by atoms with Gasteiger partial charge in [0.1, 0.15) is 11.5 Å². The first-order chi connectivity index (χ1) is 16.6. The van der Waals surface area contributed by atoms with Gasteiger partial charge in [-0.15, -0.1) is 0 Å². The molecular formula is C30H39O4P. The zero-order valence-corrected chi connectivity index (χ0v) is 23.2. The number of para-hydroxylation sites is 2. The third-order valence-electron chi connectivity index (χ3n) is 5.74. The van der Waals surface area contributed by atoms with Gasteiger partial charge in [-0.3, -0.25) is 0 Å². The number of rotatable bonds is 9. The molecule has 0 radical (unpaired) electrons. The van der Waals surface area contributed by atoms with E-state index in [2.05, 4.69) is 108 Å². The Labute approximate surface area is 212 Å². The predicted octanol–water partition coefficient (Wildman–Crippen LogP) is 6.01. The van der Waals surface area contributed by atoms with Gasteiger partial charge in [0, 0.05) is 36.0 Å². The first-order valence-corrected chi connectivity index (χ1v) is 13.3. The first kappa shape index (κ1) is 27.2. The Morgan fingerprint density at radius 2 is 1.00 bits per heavy atom. The minimum absolute atomic E-state index is 0.0978. The maximum absolute atomic E-state index is 6.31. The first-order valence-electron chi connectivity index (χ1n) is 11.9. The molecule has 0 bridgehead atoms. The Morgan fingerprint density at radius 3 is 1.37 bits per heavy atom. The number of hydrogen-bond acceptors (Lipinski definition) is 4. The van der Waals surface area contributed by atoms with Gasteiger partial charge < -0.3 is 18.9 Å². The SMILES string of the molecule is COCOc1c(P(c2ccccc2)c2cccc(C(C)(C)C)c2OCOC)cccc1C(C)(C)C. The maximum atomic E-state index is 6.31. The fourth-order valence-electron chi connectivity index (χ4n) is 4.11. The Balaban J connectivity index is 2.37. The molecule has 5 heteroatoms. The van der Waals surface area contributed by atoms with Crippen LogP contribution in [0.5, 0.6) is 11.5 Å². The fraction of sp³-hybridized carbons (Fsp3) is 0.400. The molecule has 35 heavy (non-hydrogen) atoms. The third kappa shape index (κ3) is 6.44. The van der Waals surface area contributed by atoms with E-state index in [-0.39, 0.29) is 24.4 Å². The summed E-state index contributed by atoms with van der Waals surface area (Å²) in [5.74, 6) is 1.77. The lowest BCUT2D eigenvalue weighted by Crippen LogP contribution is -2.28. The van der Waals surface area contributed by atoms with Gasteiger partial charge in [-0.1, -0.05) is 108 Å². The minimum atomic E-state index is -1.01. The summed E-state index contributed by atoms with van der Waals surface area (Å²) >= 11 is 0. The molecule has 0 aromatic heterocycles. The van der Waals surface area contributed by atoms with Crippen LogP contribution in [0.1, 0.15) is 52.7 Å². The molecule has 0 fully saturated rings. The summed E-state index contributed by atoms with van der Waals surface area (Å²) in [6.07, 6.45) is 0. The van der Waals surface area contributed by atoms with E-state index < -0.39 is 7.92 Å². The van der Waals surface area contributed by atoms with Crippen molar-refractivity contribution in [2.45, 2.75) is 52.4 Å². The van der Waals surface area contributed by atoms with Crippen LogP contribution in [0, 0.1) is 0 Å². The van der Waals surface area contributed by atoms with Crippen LogP contribution in [0.2, 0.25) is 0 Å². The summed E-state index contributed by atoms with van der Waals surface area (Å²) in [5.41, 5.74) is 2.11. The highest BCUT2D eigenvalue weighted by atomic mass is 31.1. The number of hydrogen-bond donors (Lipinski definition) is 0. The maximum Gasteiger partial charge on any atom is 0.188 e. The van der Waals surface area contributed by atoms with Crippen LogP contribution >= 0.6 is 7.92 Å². The van der Waals surface area contributed by atoms with E-state index >= 15 is 0 Å². The molecule has 0 aliphatic carbocycles. The van der Waals surface area contributed by atoms with E-state index in [1.165, 1.54) is 5.30 Å². The van der Waals surface area contributed by atoms with Crippen LogP contribution in [0.3, 0.4) is 0 Å². The lowest BCUT2D eigenvalue weighted by atomic mass is 9.86. The monoisotopic (exact) mass is 494 g/mol. The van der Waals surface area contributed by atoms with Gasteiger partial charge in [0.05, 0.1) is 0 Å². The molecule has 0 heterocycles. The smallest absolute Gasteiger partial charge is 0.188 e. The van der Waals surface area contributed by atoms with E-state index in [1.807, 2.05) is 0 Å². The highest BCUT2D eigenvalue weighted by Gasteiger charge is 2.31. The molecule has 0 unspecified atom stereocenters. The Morgan fingerprint density at radius 1 is 0.571 bits per heavy atom. The van der Waals surface area contributed by atoms with Gasteiger partial charge in [0.15, 0.2) is 13.6 Å². The van der Waals surface area contributed by atoms with Crippen molar-refractivity contribution in [2.75, 3.05) is 27.8 Å². The average molecular weight is 495 g/mol. The van der Waals surface area contributed by atoms with Gasteiger partial charge >= 0.3 is 0 Å². The quantitative estimate of drug-likeness (QED) is 0.270. The van der Waals surface area contributed by atoms with Crippen molar-refractivity contribution in [3.8, 4) is 11.5 Å². The lowest BCUT2D eigenvalue weighted by molar-refractivity contribution is 0.0506. The normalized spacial score (nSPS) is 12.1. The summed E-state index contributed by atoms with van der Waals surface area (Å²) in [6, 6.07) is 23.6. The second-order valence-electron chi connectivity index (χ2n) is 10.6. The molecule has 188 valence electrons. The molecule has 3 aromatic carbocycles. The van der Waals surface area contributed by atoms with Crippen LogP contribution in [-0.4, -0.2) is 27.8 Å². The van der Waals surface area contributed by atoms with Crippen molar-refractivity contribution >= 4 is 23.8 Å². The van der Waals surface area contributed by atoms with Gasteiger partial charge in [-0.05, 0) is 24.1 Å². The predicted molar refractivity (Wildman–Crippen MR) is 148 cm³/mol. The van der Waals surface area contributed by atoms with Gasteiger partial charge in [-0.2, -0.15) is 0 Å². The van der Waals surface area contributed by atoms with Gasteiger partial charge in [0.2, 0.25) is 0 Å². The fourth-order valence-corrected chi connectivity index (χ4v) is 6.64. The summed E-state index contributed by atoms with van der Waals surface area (Å²) < 4.78 is 23.3. The molecule has 0 atom stereocenters. The Hall–Kier alpha value is -2.39. The minimum Gasteiger partial charge on any atom is -0.467 e. The Kier molecular flexibility index (Phi) is 8.99. The molecule has 4 nitrogen and oxygen atoms in total. The number of benzene rings is 3. The zero-order chi connectivity index (χ0) is 25.6. The Bertz CT molecular complexity index is 1030. The summed E-state index contributed by atoms with van der Waals surface area (Å²) in [5, 5.41) is 3.51. The molecule has 0 amide bonds. The second kappa shape index (κ2) is 11.6. The molecule has 0 spiro atoms. The van der Waals surface area contributed by atoms with Gasteiger partial charge in [0.25, 0.3) is 0 Å². The third-order valence-corrected chi connectivity index (χ3v) is 8.23. The number of methoxy groups -OCH3 is 2. The molecule has 0 N–H and O–H groups in total. The van der Waals surface area contributed by atoms with Crippen LogP contribution in [0.4, 0.5) is 0 Å². The van der Waals surface area contributed by atoms with E-state index in [4.69, 9.17) is 18.9 Å². The van der Waals surface area contributed by atoms with E-state index in [0.717, 1.165) is 33.2 Å². The van der Waals surface area contributed by atoms with E-state index in [0.29, 0.717) is 0 Å². The van der Waals surface area contributed by atoms with Gasteiger partial charge in [-0.25, -0.2) is 0 Å². The molecular weight excluding hydrogens is 455 g/mol. The summed E-state index contributed by atoms with van der Waals surface area (Å²) in [6.45, 7) is 13.6. The van der Waals surface area contributed by atoms with Crippen molar-refractivity contribution in [2.24, 2.45) is 0 Å². The number of ether oxygens (including phenoxy) is 4. The summed E-state index contributed by atoms with van der Waals surface area (Å²) in [7, 11) is 2.30. The largest absolute Gasteiger partial charge is 0.467 e. The average Bonchev–Trinajstić information content (AvgIpc) is 2.81. The van der Waals surface area contributed by atoms with Crippen molar-refractivity contribution in [3.05, 3.63) is 77.9 Å². The second-order valence-corrected chi connectivity index (χ2v) is 12.7. The molecule has 0 aliphatic rings. The van der Waals surface area contributed by atoms with Crippen molar-refractivity contribution < 1.29 is 18.9 Å².